The van der Waals surface area contributed by atoms with Crippen LogP contribution in [0.5, 0.6) is 0 Å². The molecule has 16 heteroatoms. The molecule has 14 N–H and O–H groups in total. The van der Waals surface area contributed by atoms with Crippen LogP contribution in [0, 0.1) is 0 Å². The van der Waals surface area contributed by atoms with Crippen LogP contribution >= 0.6 is 0 Å². The van der Waals surface area contributed by atoms with Gasteiger partial charge in [0.2, 0.25) is 0 Å². The van der Waals surface area contributed by atoms with Crippen LogP contribution in [0.2, 0.25) is 0 Å². The van der Waals surface area contributed by atoms with Gasteiger partial charge < -0.3 is 77.3 Å². The van der Waals surface area contributed by atoms with Crippen molar-refractivity contribution in [3.05, 3.63) is 0 Å². The van der Waals surface area contributed by atoms with Crippen LogP contribution in [0.15, 0.2) is 0 Å². The first-order valence-corrected chi connectivity index (χ1v) is 15.7. The van der Waals surface area contributed by atoms with Crippen LogP contribution in [-0.2, 0) is 28.5 Å². The molecular weight excluding hydrogens is 584 g/mol. The number of carbonyl (C=O) groups excluding carboxylic acids is 1. The zero-order chi connectivity index (χ0) is 32.6. The summed E-state index contributed by atoms with van der Waals surface area (Å²) in [5.74, 6) is -0.452. The summed E-state index contributed by atoms with van der Waals surface area (Å²) in [6.07, 6.45) is -9.25. The van der Waals surface area contributed by atoms with Gasteiger partial charge in [0.15, 0.2) is 12.6 Å². The second-order valence-corrected chi connectivity index (χ2v) is 12.2. The van der Waals surface area contributed by atoms with Crippen LogP contribution < -0.4 is 22.9 Å². The Balaban J connectivity index is 1.57. The minimum Gasteiger partial charge on any atom is -0.463 e. The molecule has 1 unspecified atom stereocenters. The van der Waals surface area contributed by atoms with Crippen LogP contribution in [0.4, 0.5) is 0 Å². The lowest BCUT2D eigenvalue weighted by Crippen LogP contribution is -2.68. The van der Waals surface area contributed by atoms with Crippen LogP contribution in [0.3, 0.4) is 0 Å². The van der Waals surface area contributed by atoms with Crippen molar-refractivity contribution in [2.75, 3.05) is 13.2 Å². The molecule has 0 aromatic carbocycles. The Hall–Kier alpha value is -1.09. The number of hydrogen-bond donors (Lipinski definition) is 10. The molecule has 3 aliphatic rings. The molecule has 44 heavy (non-hydrogen) atoms. The standard InChI is InChI=1S/C28H54N4O12/c1-2-3-4-5-6-7-8-9-17(33)40-12-16-19(34)18(32)21(36)27(42-16)43-25-13(30)10-14(31)26(24(25)39)44-28-23(38)22(37)20(35)15(11-29)41-28/h13-16,18-28,34-39H,2-12,29-32H2,1H3/t13-,14+,15-,16-,18+,19-,20-,21-,22+,23-,24-,25+,26-,27?,28-/m1/s1. The fraction of sp³-hybridized carbons (Fsp3) is 0.964. The van der Waals surface area contributed by atoms with Crippen LogP contribution in [0.25, 0.3) is 0 Å². The van der Waals surface area contributed by atoms with Crippen molar-refractivity contribution >= 4 is 5.97 Å². The molecule has 2 heterocycles. The van der Waals surface area contributed by atoms with E-state index in [0.29, 0.717) is 6.42 Å². The topological polar surface area (TPSA) is 289 Å². The highest BCUT2D eigenvalue weighted by Gasteiger charge is 2.51. The fourth-order valence-electron chi connectivity index (χ4n) is 5.86. The van der Waals surface area contributed by atoms with E-state index >= 15 is 0 Å². The molecular formula is C28H54N4O12. The van der Waals surface area contributed by atoms with E-state index in [-0.39, 0.29) is 26.0 Å². The van der Waals surface area contributed by atoms with Gasteiger partial charge in [-0.1, -0.05) is 45.4 Å². The van der Waals surface area contributed by atoms with E-state index in [2.05, 4.69) is 6.92 Å². The van der Waals surface area contributed by atoms with Gasteiger partial charge in [0.05, 0.1) is 6.04 Å². The molecule has 3 fully saturated rings. The molecule has 0 aromatic rings. The minimum atomic E-state index is -1.68. The number of ether oxygens (including phenoxy) is 5. The smallest absolute Gasteiger partial charge is 0.305 e. The maximum atomic E-state index is 12.3. The van der Waals surface area contributed by atoms with E-state index < -0.39 is 97.7 Å². The number of carbonyl (C=O) groups is 1. The number of esters is 1. The van der Waals surface area contributed by atoms with E-state index in [0.717, 1.165) is 19.3 Å². The quantitative estimate of drug-likeness (QED) is 0.0612. The van der Waals surface area contributed by atoms with Crippen molar-refractivity contribution in [1.82, 2.24) is 0 Å². The van der Waals surface area contributed by atoms with E-state index in [1.807, 2.05) is 0 Å². The third kappa shape index (κ3) is 9.48. The van der Waals surface area contributed by atoms with Crippen molar-refractivity contribution in [3.8, 4) is 0 Å². The number of aliphatic hydroxyl groups is 6. The summed E-state index contributed by atoms with van der Waals surface area (Å²) in [5.41, 5.74) is 24.1. The molecule has 16 nitrogen and oxygen atoms in total. The van der Waals surface area contributed by atoms with Crippen molar-refractivity contribution in [3.63, 3.8) is 0 Å². The Bertz CT molecular complexity index is 861. The third-order valence-corrected chi connectivity index (χ3v) is 8.70. The molecule has 0 radical (unpaired) electrons. The molecule has 1 aliphatic carbocycles. The van der Waals surface area contributed by atoms with Gasteiger partial charge in [-0.2, -0.15) is 0 Å². The van der Waals surface area contributed by atoms with E-state index in [1.165, 1.54) is 19.3 Å². The first-order valence-electron chi connectivity index (χ1n) is 15.7. The van der Waals surface area contributed by atoms with Crippen molar-refractivity contribution in [2.45, 2.75) is 156 Å². The predicted octanol–water partition coefficient (Wildman–Crippen LogP) is -3.60. The Morgan fingerprint density at radius 1 is 0.705 bits per heavy atom. The molecule has 1 saturated carbocycles. The molecule has 0 spiro atoms. The maximum Gasteiger partial charge on any atom is 0.305 e. The van der Waals surface area contributed by atoms with Gasteiger partial charge in [0, 0.05) is 25.0 Å². The molecule has 15 atom stereocenters. The number of aliphatic hydroxyl groups excluding tert-OH is 6. The number of hydrogen-bond acceptors (Lipinski definition) is 16. The first-order chi connectivity index (χ1) is 20.9. The molecule has 0 aromatic heterocycles. The second-order valence-electron chi connectivity index (χ2n) is 12.2. The second kappa shape index (κ2) is 17.7. The zero-order valence-corrected chi connectivity index (χ0v) is 25.4. The summed E-state index contributed by atoms with van der Waals surface area (Å²) in [7, 11) is 0. The highest BCUT2D eigenvalue weighted by Crippen LogP contribution is 2.31. The molecule has 3 rings (SSSR count). The summed E-state index contributed by atoms with van der Waals surface area (Å²) in [6.45, 7) is 1.64. The monoisotopic (exact) mass is 638 g/mol. The van der Waals surface area contributed by atoms with Gasteiger partial charge >= 0.3 is 5.97 Å². The average Bonchev–Trinajstić information content (AvgIpc) is 2.99. The number of unbranched alkanes of at least 4 members (excludes halogenated alkanes) is 6. The maximum absolute atomic E-state index is 12.3. The first kappa shape index (κ1) is 37.4. The average molecular weight is 639 g/mol. The lowest BCUT2D eigenvalue weighted by Gasteiger charge is -2.48. The van der Waals surface area contributed by atoms with Gasteiger partial charge in [-0.3, -0.25) is 4.79 Å². The summed E-state index contributed by atoms with van der Waals surface area (Å²) >= 11 is 0. The Morgan fingerprint density at radius 2 is 1.25 bits per heavy atom. The van der Waals surface area contributed by atoms with Gasteiger partial charge in [-0.05, 0) is 12.8 Å². The number of rotatable bonds is 15. The largest absolute Gasteiger partial charge is 0.463 e. The Kier molecular flexibility index (Phi) is 15.1. The highest BCUT2D eigenvalue weighted by atomic mass is 16.7. The highest BCUT2D eigenvalue weighted by molar-refractivity contribution is 5.69. The Morgan fingerprint density at radius 3 is 1.84 bits per heavy atom. The van der Waals surface area contributed by atoms with Crippen molar-refractivity contribution < 1.29 is 59.1 Å². The van der Waals surface area contributed by atoms with Gasteiger partial charge in [-0.25, -0.2) is 0 Å². The molecule has 2 saturated heterocycles. The van der Waals surface area contributed by atoms with Crippen LogP contribution in [0.1, 0.15) is 64.7 Å². The van der Waals surface area contributed by atoms with Gasteiger partial charge in [-0.15, -0.1) is 0 Å². The summed E-state index contributed by atoms with van der Waals surface area (Å²) in [6, 6.07) is -2.96. The SMILES string of the molecule is CCCCCCCCCC(=O)OC[C@H]1OC(O[C@@H]2[C@@H](O)[C@H](O[C@H]3O[C@H](CN)[C@@H](O)[C@H](O)[C@H]3O)[C@@H](N)C[C@H]2N)[C@H](O)[C@@H](N)[C@@H]1O. The third-order valence-electron chi connectivity index (χ3n) is 8.70. The Labute approximate surface area is 257 Å². The molecule has 0 amide bonds. The van der Waals surface area contributed by atoms with E-state index in [4.69, 9.17) is 46.6 Å². The zero-order valence-electron chi connectivity index (χ0n) is 25.4. The van der Waals surface area contributed by atoms with Gasteiger partial charge in [0.1, 0.15) is 67.6 Å². The van der Waals surface area contributed by atoms with Crippen molar-refractivity contribution in [1.29, 1.82) is 0 Å². The lowest BCUT2D eigenvalue weighted by atomic mass is 9.84. The summed E-state index contributed by atoms with van der Waals surface area (Å²) in [5, 5.41) is 63.1. The normalized spacial score (nSPS) is 43.1. The minimum absolute atomic E-state index is 0.0673. The van der Waals surface area contributed by atoms with E-state index in [9.17, 15) is 35.4 Å². The summed E-state index contributed by atoms with van der Waals surface area (Å²) in [4.78, 5) is 12.3. The van der Waals surface area contributed by atoms with E-state index in [1.54, 1.807) is 0 Å². The fourth-order valence-corrected chi connectivity index (χ4v) is 5.86. The van der Waals surface area contributed by atoms with Crippen LogP contribution in [-0.4, -0.2) is 142 Å². The summed E-state index contributed by atoms with van der Waals surface area (Å²) < 4.78 is 28.2. The lowest BCUT2D eigenvalue weighted by molar-refractivity contribution is -0.332. The molecule has 258 valence electrons. The number of nitrogens with two attached hydrogens (primary N) is 4. The van der Waals surface area contributed by atoms with Crippen molar-refractivity contribution in [2.24, 2.45) is 22.9 Å². The molecule has 2 aliphatic heterocycles. The van der Waals surface area contributed by atoms with Gasteiger partial charge in [0.25, 0.3) is 0 Å². The molecule has 0 bridgehead atoms. The predicted molar refractivity (Wildman–Crippen MR) is 154 cm³/mol.